The molecule has 3 rings (SSSR count). The molecule has 0 amide bonds. The number of nitrogen functional groups attached to an aromatic ring is 2. The van der Waals surface area contributed by atoms with Crippen LogP contribution in [-0.2, 0) is 0 Å². The summed E-state index contributed by atoms with van der Waals surface area (Å²) in [5.41, 5.74) is 15.9. The lowest BCUT2D eigenvalue weighted by atomic mass is 9.88. The molecule has 9 nitrogen and oxygen atoms in total. The SMILES string of the molecule is COc1cc(C)c(C2N=C(NC#N)Nc3nc(N)c(C#N)c(N)c32)cc1C(C)C. The highest BCUT2D eigenvalue weighted by atomic mass is 16.5. The van der Waals surface area contributed by atoms with Gasteiger partial charge in [0.25, 0.3) is 0 Å². The number of aromatic nitrogens is 1. The number of pyridine rings is 1. The van der Waals surface area contributed by atoms with Gasteiger partial charge in [-0.05, 0) is 41.7 Å². The van der Waals surface area contributed by atoms with Crippen molar-refractivity contribution in [2.24, 2.45) is 4.99 Å². The van der Waals surface area contributed by atoms with E-state index in [0.717, 1.165) is 22.4 Å². The first-order valence-electron chi connectivity index (χ1n) is 8.99. The van der Waals surface area contributed by atoms with E-state index in [1.165, 1.54) is 0 Å². The van der Waals surface area contributed by atoms with Gasteiger partial charge < -0.3 is 21.5 Å². The smallest absolute Gasteiger partial charge is 0.211 e. The monoisotopic (exact) mass is 390 g/mol. The van der Waals surface area contributed by atoms with E-state index in [0.29, 0.717) is 11.4 Å². The number of aliphatic imine (C=N–C) groups is 1. The third-order valence-electron chi connectivity index (χ3n) is 4.89. The summed E-state index contributed by atoms with van der Waals surface area (Å²) in [7, 11) is 1.64. The summed E-state index contributed by atoms with van der Waals surface area (Å²) in [6, 6.07) is 5.40. The van der Waals surface area contributed by atoms with Crippen LogP contribution < -0.4 is 26.8 Å². The molecule has 1 aliphatic rings. The summed E-state index contributed by atoms with van der Waals surface area (Å²) in [5, 5.41) is 23.9. The number of nitrogens with one attached hydrogen (secondary N) is 2. The molecule has 0 bridgehead atoms. The van der Waals surface area contributed by atoms with Crippen molar-refractivity contribution >= 4 is 23.3 Å². The number of anilines is 3. The predicted octanol–water partition coefficient (Wildman–Crippen LogP) is 2.50. The Balaban J connectivity index is 2.31. The highest BCUT2D eigenvalue weighted by Gasteiger charge is 2.31. The van der Waals surface area contributed by atoms with Crippen molar-refractivity contribution in [3.63, 3.8) is 0 Å². The van der Waals surface area contributed by atoms with E-state index in [1.54, 1.807) is 7.11 Å². The Morgan fingerprint density at radius 2 is 2.00 bits per heavy atom. The number of fused-ring (bicyclic) bond motifs is 1. The molecule has 2 heterocycles. The molecule has 0 saturated carbocycles. The number of guanidine groups is 1. The summed E-state index contributed by atoms with van der Waals surface area (Å²) in [6.07, 6.45) is 1.85. The van der Waals surface area contributed by atoms with Gasteiger partial charge in [0, 0.05) is 5.56 Å². The van der Waals surface area contributed by atoms with Crippen LogP contribution in [0, 0.1) is 29.7 Å². The number of methoxy groups -OCH3 is 1. The molecule has 0 spiro atoms. The minimum absolute atomic E-state index is 0.0162. The first-order valence-corrected chi connectivity index (χ1v) is 8.99. The second-order valence-corrected chi connectivity index (χ2v) is 7.01. The molecular weight excluding hydrogens is 368 g/mol. The van der Waals surface area contributed by atoms with Crippen LogP contribution in [0.2, 0.25) is 0 Å². The fraction of sp³-hybridized carbons (Fsp3) is 0.300. The molecule has 1 aromatic carbocycles. The second-order valence-electron chi connectivity index (χ2n) is 7.01. The zero-order valence-corrected chi connectivity index (χ0v) is 16.7. The fourth-order valence-corrected chi connectivity index (χ4v) is 3.44. The van der Waals surface area contributed by atoms with Gasteiger partial charge >= 0.3 is 0 Å². The molecule has 1 aliphatic heterocycles. The highest BCUT2D eigenvalue weighted by molar-refractivity contribution is 5.98. The Morgan fingerprint density at radius 1 is 1.28 bits per heavy atom. The Labute approximate surface area is 169 Å². The van der Waals surface area contributed by atoms with E-state index in [1.807, 2.05) is 31.3 Å². The van der Waals surface area contributed by atoms with Crippen molar-refractivity contribution in [3.05, 3.63) is 39.9 Å². The number of aryl methyl sites for hydroxylation is 1. The van der Waals surface area contributed by atoms with E-state index >= 15 is 0 Å². The predicted molar refractivity (Wildman–Crippen MR) is 111 cm³/mol. The van der Waals surface area contributed by atoms with Crippen LogP contribution >= 0.6 is 0 Å². The van der Waals surface area contributed by atoms with Gasteiger partial charge in [-0.15, -0.1) is 0 Å². The molecule has 148 valence electrons. The summed E-state index contributed by atoms with van der Waals surface area (Å²) in [4.78, 5) is 8.91. The van der Waals surface area contributed by atoms with Crippen LogP contribution in [0.1, 0.15) is 53.6 Å². The largest absolute Gasteiger partial charge is 0.496 e. The Hall–Kier alpha value is -3.98. The molecule has 1 atom stereocenters. The number of benzene rings is 1. The summed E-state index contributed by atoms with van der Waals surface area (Å²) in [5.74, 6) is 1.60. The molecule has 6 N–H and O–H groups in total. The van der Waals surface area contributed by atoms with Crippen LogP contribution in [0.5, 0.6) is 5.75 Å². The lowest BCUT2D eigenvalue weighted by Gasteiger charge is -2.28. The highest BCUT2D eigenvalue weighted by Crippen LogP contribution is 2.43. The van der Waals surface area contributed by atoms with E-state index < -0.39 is 6.04 Å². The van der Waals surface area contributed by atoms with Crippen LogP contribution in [0.3, 0.4) is 0 Å². The van der Waals surface area contributed by atoms with Gasteiger partial charge in [-0.1, -0.05) is 13.8 Å². The Bertz CT molecular complexity index is 1090. The summed E-state index contributed by atoms with van der Waals surface area (Å²) >= 11 is 0. The lowest BCUT2D eigenvalue weighted by Crippen LogP contribution is -2.33. The molecular formula is C20H22N8O. The second kappa shape index (κ2) is 7.56. The maximum absolute atomic E-state index is 9.46. The van der Waals surface area contributed by atoms with Crippen molar-refractivity contribution in [2.45, 2.75) is 32.7 Å². The van der Waals surface area contributed by atoms with E-state index in [2.05, 4.69) is 34.5 Å². The minimum atomic E-state index is -0.578. The number of hydrogen-bond acceptors (Lipinski definition) is 9. The number of hydrogen-bond donors (Lipinski definition) is 4. The van der Waals surface area contributed by atoms with Crippen LogP contribution in [0.15, 0.2) is 17.1 Å². The third-order valence-corrected chi connectivity index (χ3v) is 4.89. The van der Waals surface area contributed by atoms with Gasteiger partial charge in [0.05, 0.1) is 12.8 Å². The fourth-order valence-electron chi connectivity index (χ4n) is 3.44. The minimum Gasteiger partial charge on any atom is -0.496 e. The van der Waals surface area contributed by atoms with Gasteiger partial charge in [0.15, 0.2) is 6.19 Å². The molecule has 0 aliphatic carbocycles. The average molecular weight is 390 g/mol. The Morgan fingerprint density at radius 3 is 2.59 bits per heavy atom. The standard InChI is InChI=1S/C20H22N8O/c1-9(2)11-6-12(10(3)5-14(11)29-4)17-15-16(23)13(7-21)18(24)27-19(15)28-20(26-17)25-8-22/h5-6,9,17H,1-4H3,(H6,23,24,25,26,27,28). The van der Waals surface area contributed by atoms with E-state index in [4.69, 9.17) is 21.5 Å². The average Bonchev–Trinajstić information content (AvgIpc) is 2.67. The molecule has 2 aromatic rings. The van der Waals surface area contributed by atoms with Crippen molar-refractivity contribution in [1.82, 2.24) is 10.3 Å². The van der Waals surface area contributed by atoms with Crippen molar-refractivity contribution in [3.8, 4) is 18.0 Å². The molecule has 0 saturated heterocycles. The first kappa shape index (κ1) is 19.8. The normalized spacial score (nSPS) is 14.9. The topological polar surface area (TPSA) is 158 Å². The zero-order chi connectivity index (χ0) is 21.3. The third kappa shape index (κ3) is 3.34. The van der Waals surface area contributed by atoms with Crippen molar-refractivity contribution in [2.75, 3.05) is 23.9 Å². The van der Waals surface area contributed by atoms with Gasteiger partial charge in [0.1, 0.15) is 35.1 Å². The first-order chi connectivity index (χ1) is 13.8. The number of ether oxygens (including phenoxy) is 1. The number of nitriles is 2. The van der Waals surface area contributed by atoms with Gasteiger partial charge in [-0.25, -0.2) is 9.98 Å². The van der Waals surface area contributed by atoms with Crippen LogP contribution in [-0.4, -0.2) is 18.1 Å². The molecule has 1 aromatic heterocycles. The zero-order valence-electron chi connectivity index (χ0n) is 16.7. The van der Waals surface area contributed by atoms with Crippen LogP contribution in [0.4, 0.5) is 17.3 Å². The van der Waals surface area contributed by atoms with Crippen LogP contribution in [0.25, 0.3) is 0 Å². The number of rotatable bonds is 3. The molecule has 0 fully saturated rings. The maximum Gasteiger partial charge on any atom is 0.211 e. The lowest BCUT2D eigenvalue weighted by molar-refractivity contribution is 0.407. The molecule has 29 heavy (non-hydrogen) atoms. The van der Waals surface area contributed by atoms with Crippen molar-refractivity contribution in [1.29, 1.82) is 10.5 Å². The van der Waals surface area contributed by atoms with Crippen molar-refractivity contribution < 1.29 is 4.74 Å². The van der Waals surface area contributed by atoms with Gasteiger partial charge in [-0.2, -0.15) is 10.5 Å². The quantitative estimate of drug-likeness (QED) is 0.459. The molecule has 1 unspecified atom stereocenters. The molecule has 0 radical (unpaired) electrons. The van der Waals surface area contributed by atoms with E-state index in [-0.39, 0.29) is 28.9 Å². The number of nitrogens with two attached hydrogens (primary N) is 2. The number of nitrogens with zero attached hydrogens (tertiary/aromatic N) is 4. The molecule has 9 heteroatoms. The van der Waals surface area contributed by atoms with Gasteiger partial charge in [0.2, 0.25) is 5.96 Å². The van der Waals surface area contributed by atoms with E-state index in [9.17, 15) is 5.26 Å². The van der Waals surface area contributed by atoms with Gasteiger partial charge in [-0.3, -0.25) is 5.32 Å². The summed E-state index contributed by atoms with van der Waals surface area (Å²) in [6.45, 7) is 6.09. The maximum atomic E-state index is 9.46. The Kier molecular flexibility index (Phi) is 5.16. The summed E-state index contributed by atoms with van der Waals surface area (Å²) < 4.78 is 5.53.